The molecule has 92 valence electrons. The third-order valence-corrected chi connectivity index (χ3v) is 2.54. The second kappa shape index (κ2) is 5.82. The van der Waals surface area contributed by atoms with Gasteiger partial charge in [0.2, 0.25) is 6.23 Å². The molecule has 0 radical (unpaired) electrons. The molecule has 0 N–H and O–H groups in total. The van der Waals surface area contributed by atoms with Crippen molar-refractivity contribution >= 4 is 17.2 Å². The van der Waals surface area contributed by atoms with E-state index >= 15 is 0 Å². The van der Waals surface area contributed by atoms with Crippen LogP contribution in [0.2, 0.25) is 0 Å². The summed E-state index contributed by atoms with van der Waals surface area (Å²) in [4.78, 5) is 15.9. The highest BCUT2D eigenvalue weighted by Crippen LogP contribution is 2.08. The number of carbonyl (C=O) groups is 1. The van der Waals surface area contributed by atoms with E-state index in [0.717, 1.165) is 11.8 Å². The average molecular weight is 242 g/mol. The monoisotopic (exact) mass is 242 g/mol. The summed E-state index contributed by atoms with van der Waals surface area (Å²) < 4.78 is 4.79. The molecule has 0 fully saturated rings. The van der Waals surface area contributed by atoms with E-state index in [1.54, 1.807) is 18.1 Å². The molecule has 0 saturated carbocycles. The summed E-state index contributed by atoms with van der Waals surface area (Å²) >= 11 is 0. The molecule has 1 atom stereocenters. The first-order valence-corrected chi connectivity index (χ1v) is 5.60. The van der Waals surface area contributed by atoms with Crippen LogP contribution in [0.5, 0.6) is 0 Å². The van der Waals surface area contributed by atoms with Crippen LogP contribution < -0.4 is 0 Å². The van der Waals surface area contributed by atoms with Crippen molar-refractivity contribution in [3.8, 4) is 0 Å². The number of pyridine rings is 1. The predicted molar refractivity (Wildman–Crippen MR) is 69.6 cm³/mol. The van der Waals surface area contributed by atoms with E-state index in [2.05, 4.69) is 17.1 Å². The molecule has 0 spiro atoms. The number of hydrogen-bond acceptors (Lipinski definition) is 4. The fourth-order valence-corrected chi connectivity index (χ4v) is 1.54. The molecule has 2 aromatic rings. The van der Waals surface area contributed by atoms with Crippen LogP contribution in [0.25, 0.3) is 10.9 Å². The van der Waals surface area contributed by atoms with Crippen LogP contribution in [-0.2, 0) is 9.53 Å². The number of ether oxygens (including phenoxy) is 1. The Morgan fingerprint density at radius 2 is 2.06 bits per heavy atom. The fourth-order valence-electron chi connectivity index (χ4n) is 1.54. The normalized spacial score (nSPS) is 16.9. The Hall–Kier alpha value is -2.36. The van der Waals surface area contributed by atoms with Gasteiger partial charge in [-0.05, 0) is 12.1 Å². The van der Waals surface area contributed by atoms with E-state index in [4.69, 9.17) is 4.74 Å². The van der Waals surface area contributed by atoms with Crippen molar-refractivity contribution in [3.05, 3.63) is 55.1 Å². The van der Waals surface area contributed by atoms with Crippen LogP contribution >= 0.6 is 0 Å². The van der Waals surface area contributed by atoms with Crippen molar-refractivity contribution in [3.63, 3.8) is 0 Å². The highest BCUT2D eigenvalue weighted by atomic mass is 16.5. The van der Waals surface area contributed by atoms with Crippen LogP contribution in [0.3, 0.4) is 0 Å². The van der Waals surface area contributed by atoms with Crippen LogP contribution in [0.15, 0.2) is 55.1 Å². The number of rotatable bonds is 1. The molecule has 3 rings (SSSR count). The lowest BCUT2D eigenvalue weighted by molar-refractivity contribution is -0.119. The van der Waals surface area contributed by atoms with Crippen LogP contribution in [-0.4, -0.2) is 29.4 Å². The third-order valence-electron chi connectivity index (χ3n) is 2.54. The number of nitrogens with zero attached hydrogens (tertiary/aromatic N) is 2. The molecule has 0 saturated heterocycles. The second-order valence-electron chi connectivity index (χ2n) is 3.81. The van der Waals surface area contributed by atoms with Crippen molar-refractivity contribution in [2.24, 2.45) is 0 Å². The Bertz CT molecular complexity index is 489. The Balaban J connectivity index is 0.000000138. The van der Waals surface area contributed by atoms with Gasteiger partial charge in [-0.3, -0.25) is 9.78 Å². The zero-order valence-corrected chi connectivity index (χ0v) is 10.1. The van der Waals surface area contributed by atoms with Crippen molar-refractivity contribution in [1.29, 1.82) is 0 Å². The molecule has 4 heteroatoms. The first-order valence-electron chi connectivity index (χ1n) is 5.60. The molecule has 1 aliphatic heterocycles. The van der Waals surface area contributed by atoms with E-state index < -0.39 is 6.23 Å². The minimum atomic E-state index is -0.394. The molecule has 1 aromatic heterocycles. The highest BCUT2D eigenvalue weighted by Gasteiger charge is 2.13. The number of fused-ring (bicyclic) bond motifs is 1. The van der Waals surface area contributed by atoms with Gasteiger partial charge in [0.25, 0.3) is 0 Å². The number of benzene rings is 1. The van der Waals surface area contributed by atoms with Gasteiger partial charge in [-0.15, -0.1) is 0 Å². The summed E-state index contributed by atoms with van der Waals surface area (Å²) in [5, 5.41) is 1.20. The Morgan fingerprint density at radius 3 is 2.67 bits per heavy atom. The van der Waals surface area contributed by atoms with Crippen LogP contribution in [0.1, 0.15) is 0 Å². The summed E-state index contributed by atoms with van der Waals surface area (Å²) in [6.45, 7) is 0. The molecule has 4 nitrogen and oxygen atoms in total. The largest absolute Gasteiger partial charge is 0.470 e. The summed E-state index contributed by atoms with van der Waals surface area (Å²) in [7, 11) is 1.78. The smallest absolute Gasteiger partial charge is 0.227 e. The summed E-state index contributed by atoms with van der Waals surface area (Å²) in [5.41, 5.74) is 1.06. The summed E-state index contributed by atoms with van der Waals surface area (Å²) in [6.07, 6.45) is 5.37. The number of para-hydroxylation sites is 1. The molecular formula is C14H14N2O2. The van der Waals surface area contributed by atoms with Crippen LogP contribution in [0.4, 0.5) is 0 Å². The number of hydrogen-bond donors (Lipinski definition) is 0. The van der Waals surface area contributed by atoms with Gasteiger partial charge in [-0.1, -0.05) is 24.3 Å². The van der Waals surface area contributed by atoms with Gasteiger partial charge in [0.15, 0.2) is 6.29 Å². The minimum absolute atomic E-state index is 0.394. The molecule has 1 unspecified atom stereocenters. The number of likely N-dealkylation sites (N-methyl/N-ethyl adjacent to an activating group) is 1. The second-order valence-corrected chi connectivity index (χ2v) is 3.81. The maximum atomic E-state index is 10.0. The number of aldehydes is 1. The van der Waals surface area contributed by atoms with Crippen molar-refractivity contribution in [2.75, 3.05) is 7.05 Å². The Labute approximate surface area is 106 Å². The minimum Gasteiger partial charge on any atom is -0.470 e. The lowest BCUT2D eigenvalue weighted by Gasteiger charge is -2.11. The van der Waals surface area contributed by atoms with Gasteiger partial charge in [0.05, 0.1) is 5.52 Å². The Morgan fingerprint density at radius 1 is 1.28 bits per heavy atom. The lowest BCUT2D eigenvalue weighted by Crippen LogP contribution is -2.24. The number of carbonyl (C=O) groups excluding carboxylic acids is 1. The molecule has 0 bridgehead atoms. The van der Waals surface area contributed by atoms with Gasteiger partial charge in [0, 0.05) is 24.8 Å². The lowest BCUT2D eigenvalue weighted by atomic mass is 10.2. The van der Waals surface area contributed by atoms with E-state index in [0.29, 0.717) is 0 Å². The molecule has 2 heterocycles. The van der Waals surface area contributed by atoms with Gasteiger partial charge in [-0.25, -0.2) is 0 Å². The van der Waals surface area contributed by atoms with Gasteiger partial charge >= 0.3 is 0 Å². The SMILES string of the molecule is CN1C=COC1C=O.c1ccc2ncccc2c1. The first kappa shape index (κ1) is 12.1. The predicted octanol–water partition coefficient (Wildman–Crippen LogP) is 2.18. The van der Waals surface area contributed by atoms with Crippen molar-refractivity contribution in [2.45, 2.75) is 6.23 Å². The molecule has 1 aliphatic rings. The molecule has 0 aliphatic carbocycles. The van der Waals surface area contributed by atoms with Crippen molar-refractivity contribution in [1.82, 2.24) is 9.88 Å². The first-order chi connectivity index (χ1) is 8.81. The van der Waals surface area contributed by atoms with E-state index in [9.17, 15) is 4.79 Å². The maximum Gasteiger partial charge on any atom is 0.227 e. The van der Waals surface area contributed by atoms with E-state index in [1.807, 2.05) is 30.5 Å². The third kappa shape index (κ3) is 2.85. The Kier molecular flexibility index (Phi) is 3.91. The summed E-state index contributed by atoms with van der Waals surface area (Å²) in [5.74, 6) is 0. The fraction of sp³-hybridized carbons (Fsp3) is 0.143. The van der Waals surface area contributed by atoms with E-state index in [-0.39, 0.29) is 0 Å². The van der Waals surface area contributed by atoms with Gasteiger partial charge in [-0.2, -0.15) is 0 Å². The molecule has 0 amide bonds. The topological polar surface area (TPSA) is 42.4 Å². The standard InChI is InChI=1S/C9H7N.C5H7NO2/c1-2-6-9-8(4-1)5-3-7-10-9;1-6-2-3-8-5(6)4-7/h1-7H;2-5H,1H3. The van der Waals surface area contributed by atoms with Gasteiger partial charge in [0.1, 0.15) is 6.26 Å². The molecule has 18 heavy (non-hydrogen) atoms. The zero-order valence-electron chi connectivity index (χ0n) is 10.1. The van der Waals surface area contributed by atoms with Crippen molar-refractivity contribution < 1.29 is 9.53 Å². The summed E-state index contributed by atoms with van der Waals surface area (Å²) in [6, 6.07) is 12.1. The molecular weight excluding hydrogens is 228 g/mol. The molecule has 1 aromatic carbocycles. The van der Waals surface area contributed by atoms with Gasteiger partial charge < -0.3 is 9.64 Å². The highest BCUT2D eigenvalue weighted by molar-refractivity contribution is 5.77. The van der Waals surface area contributed by atoms with Crippen LogP contribution in [0, 0.1) is 0 Å². The quantitative estimate of drug-likeness (QED) is 0.719. The average Bonchev–Trinajstić information content (AvgIpc) is 2.85. The number of aromatic nitrogens is 1. The maximum absolute atomic E-state index is 10.0. The zero-order chi connectivity index (χ0) is 12.8. The van der Waals surface area contributed by atoms with E-state index in [1.165, 1.54) is 11.6 Å².